The molecule has 2 aromatic carbocycles. The van der Waals surface area contributed by atoms with Gasteiger partial charge in [0.2, 0.25) is 29.5 Å². The third-order valence-corrected chi connectivity index (χ3v) is 7.64. The van der Waals surface area contributed by atoms with Crippen molar-refractivity contribution in [2.45, 2.75) is 91.1 Å². The molecule has 5 atom stereocenters. The van der Waals surface area contributed by atoms with E-state index >= 15 is 0 Å². The van der Waals surface area contributed by atoms with Gasteiger partial charge in [-0.3, -0.25) is 34.1 Å². The van der Waals surface area contributed by atoms with Gasteiger partial charge in [0.25, 0.3) is 5.69 Å². The number of nitro benzene ring substituents is 1. The average Bonchev–Trinajstić information content (AvgIpc) is 3.02. The van der Waals surface area contributed by atoms with Crippen molar-refractivity contribution in [2.75, 3.05) is 5.32 Å². The third-order valence-electron chi connectivity index (χ3n) is 7.33. The Labute approximate surface area is 284 Å². The highest BCUT2D eigenvalue weighted by molar-refractivity contribution is 6.34. The van der Waals surface area contributed by atoms with E-state index < -0.39 is 58.8 Å². The summed E-state index contributed by atoms with van der Waals surface area (Å²) >= 11 is 6.17. The number of halogens is 1. The molecule has 262 valence electrons. The monoisotopic (exact) mass is 688 g/mol. The number of hydrogen-bond donors (Lipinski definition) is 6. The molecule has 0 aromatic heterocycles. The number of nitrogens with one attached hydrogen (secondary N) is 5. The maximum Gasteiger partial charge on any atom is 0.271 e. The minimum absolute atomic E-state index is 0.00952. The smallest absolute Gasteiger partial charge is 0.271 e. The molecule has 0 spiro atoms. The Kier molecular flexibility index (Phi) is 15.4. The lowest BCUT2D eigenvalue weighted by atomic mass is 9.99. The van der Waals surface area contributed by atoms with Gasteiger partial charge < -0.3 is 31.7 Å². The van der Waals surface area contributed by atoms with Crippen LogP contribution in [0.4, 0.5) is 11.4 Å². The molecule has 14 nitrogen and oxygen atoms in total. The number of rotatable bonds is 17. The first-order chi connectivity index (χ1) is 22.5. The first-order valence-corrected chi connectivity index (χ1v) is 16.1. The molecule has 48 heavy (non-hydrogen) atoms. The first kappa shape index (κ1) is 39.6. The lowest BCUT2D eigenvalue weighted by Gasteiger charge is -2.29. The van der Waals surface area contributed by atoms with E-state index in [0.29, 0.717) is 5.56 Å². The molecule has 0 saturated carbocycles. The Balaban J connectivity index is 2.30. The second kappa shape index (κ2) is 18.7. The highest BCUT2D eigenvalue weighted by Crippen LogP contribution is 2.27. The molecule has 0 heterocycles. The third kappa shape index (κ3) is 12.2. The molecule has 5 amide bonds. The van der Waals surface area contributed by atoms with Gasteiger partial charge in [-0.25, -0.2) is 0 Å². The lowest BCUT2D eigenvalue weighted by Crippen LogP contribution is -2.61. The Morgan fingerprint density at radius 3 is 1.94 bits per heavy atom. The predicted octanol–water partition coefficient (Wildman–Crippen LogP) is 2.86. The second-order valence-corrected chi connectivity index (χ2v) is 12.6. The first-order valence-electron chi connectivity index (χ1n) is 15.7. The SMILES string of the molecule is CCC(=O)N[C@H](C(=O)N[C@@H](CC(C)C)C(=O)N[C@H](C(=O)N[C@@H](Cc1ccccc1)C(=O)Nc1ccc([N+](=O)[O-])cc1Cl)[C@@H](C)O)C(C)C. The quantitative estimate of drug-likeness (QED) is 0.107. The van der Waals surface area contributed by atoms with Crippen LogP contribution in [0.3, 0.4) is 0 Å². The van der Waals surface area contributed by atoms with E-state index in [1.807, 2.05) is 13.8 Å². The van der Waals surface area contributed by atoms with E-state index in [-0.39, 0.29) is 53.4 Å². The number of hydrogen-bond acceptors (Lipinski definition) is 8. The molecule has 0 saturated heterocycles. The highest BCUT2D eigenvalue weighted by Gasteiger charge is 2.34. The van der Waals surface area contributed by atoms with Crippen LogP contribution < -0.4 is 26.6 Å². The van der Waals surface area contributed by atoms with Gasteiger partial charge in [0.1, 0.15) is 24.2 Å². The van der Waals surface area contributed by atoms with Crippen LogP contribution in [-0.2, 0) is 30.4 Å². The summed E-state index contributed by atoms with van der Waals surface area (Å²) in [5, 5.41) is 34.6. The van der Waals surface area contributed by atoms with Gasteiger partial charge >= 0.3 is 0 Å². The van der Waals surface area contributed by atoms with Crippen molar-refractivity contribution in [1.82, 2.24) is 21.3 Å². The van der Waals surface area contributed by atoms with Crippen molar-refractivity contribution in [3.8, 4) is 0 Å². The molecule has 15 heteroatoms. The number of aliphatic hydroxyl groups excluding tert-OH is 1. The molecular weight excluding hydrogens is 644 g/mol. The number of carbonyl (C=O) groups excluding carboxylic acids is 5. The largest absolute Gasteiger partial charge is 0.391 e. The Hall–Kier alpha value is -4.56. The summed E-state index contributed by atoms with van der Waals surface area (Å²) in [5.41, 5.74) is 0.474. The molecule has 0 bridgehead atoms. The molecule has 2 aromatic rings. The lowest BCUT2D eigenvalue weighted by molar-refractivity contribution is -0.384. The maximum atomic E-state index is 13.6. The number of aliphatic hydroxyl groups is 1. The van der Waals surface area contributed by atoms with Crippen LogP contribution in [0, 0.1) is 22.0 Å². The van der Waals surface area contributed by atoms with Gasteiger partial charge in [-0.05, 0) is 36.8 Å². The van der Waals surface area contributed by atoms with Crippen molar-refractivity contribution in [3.63, 3.8) is 0 Å². The standard InChI is InChI=1S/C33H45ClN6O8/c1-7-27(42)38-28(19(4)5)32(45)36-25(15-18(2)3)31(44)39-29(20(6)41)33(46)37-26(16-21-11-9-8-10-12-21)30(43)35-24-14-13-22(40(47)48)17-23(24)34/h8-14,17-20,25-26,28-29,41H,7,15-16H2,1-6H3,(H,35,43)(H,36,45)(H,37,46)(H,38,42)(H,39,44)/t20-,25+,26+,28+,29+/m1/s1. The van der Waals surface area contributed by atoms with Gasteiger partial charge in [-0.15, -0.1) is 0 Å². The van der Waals surface area contributed by atoms with E-state index in [1.165, 1.54) is 19.1 Å². The molecule has 0 aliphatic carbocycles. The zero-order valence-corrected chi connectivity index (χ0v) is 28.7. The zero-order valence-electron chi connectivity index (χ0n) is 27.9. The van der Waals surface area contributed by atoms with Crippen molar-refractivity contribution >= 4 is 52.5 Å². The second-order valence-electron chi connectivity index (χ2n) is 12.2. The zero-order chi connectivity index (χ0) is 36.1. The van der Waals surface area contributed by atoms with Gasteiger partial charge in [0, 0.05) is 25.0 Å². The molecule has 0 aliphatic rings. The minimum atomic E-state index is -1.53. The predicted molar refractivity (Wildman–Crippen MR) is 181 cm³/mol. The Bertz CT molecular complexity index is 1450. The molecular formula is C33H45ClN6O8. The number of non-ortho nitro benzene ring substituents is 1. The van der Waals surface area contributed by atoms with Crippen LogP contribution in [0.15, 0.2) is 48.5 Å². The summed E-state index contributed by atoms with van der Waals surface area (Å²) in [6.07, 6.45) is -1.05. The van der Waals surface area contributed by atoms with Crippen LogP contribution in [0.25, 0.3) is 0 Å². The molecule has 0 fully saturated rings. The molecule has 2 rings (SSSR count). The summed E-state index contributed by atoms with van der Waals surface area (Å²) in [7, 11) is 0. The number of nitro groups is 1. The van der Waals surface area contributed by atoms with E-state index in [2.05, 4.69) is 26.6 Å². The molecule has 0 radical (unpaired) electrons. The van der Waals surface area contributed by atoms with Gasteiger partial charge in [0.05, 0.1) is 21.7 Å². The van der Waals surface area contributed by atoms with Crippen LogP contribution in [0.2, 0.25) is 5.02 Å². The van der Waals surface area contributed by atoms with Gasteiger partial charge in [0.15, 0.2) is 0 Å². The van der Waals surface area contributed by atoms with Crippen LogP contribution in [-0.4, -0.2) is 69.8 Å². The average molecular weight is 689 g/mol. The van der Waals surface area contributed by atoms with Crippen molar-refractivity contribution < 1.29 is 34.0 Å². The number of carbonyl (C=O) groups is 5. The highest BCUT2D eigenvalue weighted by atomic mass is 35.5. The topological polar surface area (TPSA) is 209 Å². The number of amides is 5. The van der Waals surface area contributed by atoms with Crippen LogP contribution in [0.5, 0.6) is 0 Å². The molecule has 0 unspecified atom stereocenters. The fourth-order valence-corrected chi connectivity index (χ4v) is 4.92. The van der Waals surface area contributed by atoms with Crippen molar-refractivity contribution in [1.29, 1.82) is 0 Å². The Morgan fingerprint density at radius 1 is 0.812 bits per heavy atom. The minimum Gasteiger partial charge on any atom is -0.391 e. The number of anilines is 1. The summed E-state index contributed by atoms with van der Waals surface area (Å²) in [4.78, 5) is 76.2. The summed E-state index contributed by atoms with van der Waals surface area (Å²) in [5.74, 6) is -3.59. The number of benzene rings is 2. The van der Waals surface area contributed by atoms with Crippen LogP contribution in [0.1, 0.15) is 59.9 Å². The van der Waals surface area contributed by atoms with Crippen LogP contribution >= 0.6 is 11.6 Å². The normalized spacial score (nSPS) is 14.2. The van der Waals surface area contributed by atoms with Crippen molar-refractivity contribution in [3.05, 3.63) is 69.2 Å². The Morgan fingerprint density at radius 2 is 1.42 bits per heavy atom. The number of nitrogens with zero attached hydrogens (tertiary/aromatic N) is 1. The van der Waals surface area contributed by atoms with E-state index in [9.17, 15) is 39.2 Å². The van der Waals surface area contributed by atoms with E-state index in [1.54, 1.807) is 51.1 Å². The summed E-state index contributed by atoms with van der Waals surface area (Å²) in [6.45, 7) is 10.1. The molecule has 6 N–H and O–H groups in total. The fraction of sp³-hybridized carbons (Fsp3) is 0.485. The summed E-state index contributed by atoms with van der Waals surface area (Å²) in [6, 6.07) is 7.49. The van der Waals surface area contributed by atoms with E-state index in [0.717, 1.165) is 6.07 Å². The van der Waals surface area contributed by atoms with E-state index in [4.69, 9.17) is 11.6 Å². The maximum absolute atomic E-state index is 13.6. The van der Waals surface area contributed by atoms with Crippen molar-refractivity contribution in [2.24, 2.45) is 11.8 Å². The van der Waals surface area contributed by atoms with Gasteiger partial charge in [-0.1, -0.05) is 76.6 Å². The molecule has 0 aliphatic heterocycles. The summed E-state index contributed by atoms with van der Waals surface area (Å²) < 4.78 is 0. The fourth-order valence-electron chi connectivity index (χ4n) is 4.69. The van der Waals surface area contributed by atoms with Gasteiger partial charge in [-0.2, -0.15) is 0 Å².